The Hall–Kier alpha value is -2.28. The molecule has 0 spiro atoms. The van der Waals surface area contributed by atoms with Gasteiger partial charge in [0.15, 0.2) is 5.82 Å². The quantitative estimate of drug-likeness (QED) is 0.679. The van der Waals surface area contributed by atoms with Gasteiger partial charge in [0.25, 0.3) is 5.89 Å². The molecule has 0 radical (unpaired) electrons. The molecule has 0 unspecified atom stereocenters. The van der Waals surface area contributed by atoms with Crippen LogP contribution in [-0.4, -0.2) is 15.1 Å². The Bertz CT molecular complexity index is 850. The molecule has 1 N–H and O–H groups in total. The molecule has 5 nitrogen and oxygen atoms in total. The molecule has 3 rings (SSSR count). The lowest BCUT2D eigenvalue weighted by Gasteiger charge is -2.07. The van der Waals surface area contributed by atoms with Crippen molar-refractivity contribution in [3.05, 3.63) is 58.2 Å². The second-order valence-electron chi connectivity index (χ2n) is 5.63. The number of hydrogen-bond acceptors (Lipinski definition) is 5. The Morgan fingerprint density at radius 3 is 2.79 bits per heavy atom. The highest BCUT2D eigenvalue weighted by molar-refractivity contribution is 9.10. The van der Waals surface area contributed by atoms with Crippen molar-refractivity contribution in [3.63, 3.8) is 0 Å². The summed E-state index contributed by atoms with van der Waals surface area (Å²) in [5.74, 6) is 1.64. The predicted octanol–water partition coefficient (Wildman–Crippen LogP) is 4.77. The maximum atomic E-state index is 13.9. The maximum absolute atomic E-state index is 13.9. The van der Waals surface area contributed by atoms with Crippen LogP contribution in [0.15, 0.2) is 45.5 Å². The summed E-state index contributed by atoms with van der Waals surface area (Å²) in [6.07, 6.45) is 1.65. The van der Waals surface area contributed by atoms with Crippen LogP contribution in [0.25, 0.3) is 11.5 Å². The van der Waals surface area contributed by atoms with Crippen LogP contribution in [0.4, 0.5) is 10.2 Å². The zero-order valence-corrected chi connectivity index (χ0v) is 14.8. The summed E-state index contributed by atoms with van der Waals surface area (Å²) in [5.41, 5.74) is 1.33. The summed E-state index contributed by atoms with van der Waals surface area (Å²) < 4.78 is 19.8. The Kier molecular flexibility index (Phi) is 4.89. The van der Waals surface area contributed by atoms with E-state index in [2.05, 4.69) is 36.4 Å². The second kappa shape index (κ2) is 7.09. The van der Waals surface area contributed by atoms with Gasteiger partial charge < -0.3 is 9.84 Å². The molecule has 3 aromatic rings. The molecular formula is C17H16BrFN4O. The lowest BCUT2D eigenvalue weighted by molar-refractivity contribution is 0.419. The van der Waals surface area contributed by atoms with Crippen molar-refractivity contribution in [1.82, 2.24) is 15.1 Å². The van der Waals surface area contributed by atoms with Gasteiger partial charge in [0, 0.05) is 34.3 Å². The van der Waals surface area contributed by atoms with E-state index in [1.807, 2.05) is 13.8 Å². The molecule has 7 heteroatoms. The SMILES string of the molecule is CC(C)c1noc(-c2ccnc(NCc3ccc(Br)cc3F)c2)n1. The Labute approximate surface area is 147 Å². The minimum atomic E-state index is -0.272. The highest BCUT2D eigenvalue weighted by atomic mass is 79.9. The molecule has 0 amide bonds. The number of nitrogens with zero attached hydrogens (tertiary/aromatic N) is 3. The standard InChI is InChI=1S/C17H16BrFN4O/c1-10(2)16-22-17(24-23-16)11-5-6-20-15(7-11)21-9-12-3-4-13(18)8-14(12)19/h3-8,10H,9H2,1-2H3,(H,20,21). The number of hydrogen-bond donors (Lipinski definition) is 1. The molecule has 1 aromatic carbocycles. The first kappa shape index (κ1) is 16.6. The molecule has 2 heterocycles. The van der Waals surface area contributed by atoms with Crippen LogP contribution in [0.1, 0.15) is 31.2 Å². The van der Waals surface area contributed by atoms with E-state index in [0.29, 0.717) is 34.1 Å². The van der Waals surface area contributed by atoms with Gasteiger partial charge in [-0.1, -0.05) is 41.0 Å². The summed E-state index contributed by atoms with van der Waals surface area (Å²) in [5, 5.41) is 7.06. The van der Waals surface area contributed by atoms with Crippen LogP contribution in [0.5, 0.6) is 0 Å². The van der Waals surface area contributed by atoms with Crippen molar-refractivity contribution >= 4 is 21.7 Å². The first-order valence-corrected chi connectivity index (χ1v) is 8.30. The van der Waals surface area contributed by atoms with Gasteiger partial charge in [0.1, 0.15) is 11.6 Å². The monoisotopic (exact) mass is 390 g/mol. The van der Waals surface area contributed by atoms with E-state index in [-0.39, 0.29) is 11.7 Å². The predicted molar refractivity (Wildman–Crippen MR) is 93.0 cm³/mol. The molecule has 24 heavy (non-hydrogen) atoms. The normalized spacial score (nSPS) is 11.0. The number of pyridine rings is 1. The number of aromatic nitrogens is 3. The Morgan fingerprint density at radius 2 is 2.08 bits per heavy atom. The first-order valence-electron chi connectivity index (χ1n) is 7.51. The van der Waals surface area contributed by atoms with Gasteiger partial charge in [0.2, 0.25) is 0 Å². The van der Waals surface area contributed by atoms with E-state index in [1.165, 1.54) is 6.07 Å². The van der Waals surface area contributed by atoms with Crippen LogP contribution >= 0.6 is 15.9 Å². The van der Waals surface area contributed by atoms with Crippen molar-refractivity contribution < 1.29 is 8.91 Å². The molecule has 0 atom stereocenters. The van der Waals surface area contributed by atoms with E-state index < -0.39 is 0 Å². The zero-order chi connectivity index (χ0) is 17.1. The average Bonchev–Trinajstić information content (AvgIpc) is 3.05. The number of anilines is 1. The summed E-state index contributed by atoms with van der Waals surface area (Å²) in [7, 11) is 0. The zero-order valence-electron chi connectivity index (χ0n) is 13.3. The maximum Gasteiger partial charge on any atom is 0.258 e. The summed E-state index contributed by atoms with van der Waals surface area (Å²) in [6.45, 7) is 4.33. The molecular weight excluding hydrogens is 375 g/mol. The number of nitrogens with one attached hydrogen (secondary N) is 1. The summed E-state index contributed by atoms with van der Waals surface area (Å²) in [6, 6.07) is 8.56. The summed E-state index contributed by atoms with van der Waals surface area (Å²) >= 11 is 3.24. The topological polar surface area (TPSA) is 63.8 Å². The lowest BCUT2D eigenvalue weighted by Crippen LogP contribution is -2.03. The smallest absolute Gasteiger partial charge is 0.258 e. The molecule has 0 aliphatic rings. The van der Waals surface area contributed by atoms with E-state index in [9.17, 15) is 4.39 Å². The third-order valence-electron chi connectivity index (χ3n) is 3.44. The van der Waals surface area contributed by atoms with Crippen LogP contribution in [-0.2, 0) is 6.54 Å². The van der Waals surface area contributed by atoms with Gasteiger partial charge in [-0.15, -0.1) is 0 Å². The van der Waals surface area contributed by atoms with Crippen LogP contribution < -0.4 is 5.32 Å². The molecule has 2 aromatic heterocycles. The Balaban J connectivity index is 1.75. The number of rotatable bonds is 5. The molecule has 0 aliphatic heterocycles. The summed E-state index contributed by atoms with van der Waals surface area (Å²) in [4.78, 5) is 8.60. The third kappa shape index (κ3) is 3.79. The Morgan fingerprint density at radius 1 is 1.25 bits per heavy atom. The highest BCUT2D eigenvalue weighted by Crippen LogP contribution is 2.22. The van der Waals surface area contributed by atoms with Gasteiger partial charge in [-0.3, -0.25) is 0 Å². The van der Waals surface area contributed by atoms with Crippen LogP contribution in [0.2, 0.25) is 0 Å². The molecule has 124 valence electrons. The molecule has 0 saturated carbocycles. The molecule has 0 fully saturated rings. The molecule has 0 saturated heterocycles. The first-order chi connectivity index (χ1) is 11.5. The van der Waals surface area contributed by atoms with Crippen molar-refractivity contribution in [1.29, 1.82) is 0 Å². The largest absolute Gasteiger partial charge is 0.366 e. The minimum absolute atomic E-state index is 0.197. The molecule has 0 bridgehead atoms. The highest BCUT2D eigenvalue weighted by Gasteiger charge is 2.12. The van der Waals surface area contributed by atoms with Gasteiger partial charge in [0.05, 0.1) is 0 Å². The van der Waals surface area contributed by atoms with Crippen LogP contribution in [0, 0.1) is 5.82 Å². The van der Waals surface area contributed by atoms with Gasteiger partial charge in [-0.25, -0.2) is 9.37 Å². The van der Waals surface area contributed by atoms with Gasteiger partial charge >= 0.3 is 0 Å². The van der Waals surface area contributed by atoms with E-state index in [4.69, 9.17) is 4.52 Å². The van der Waals surface area contributed by atoms with Crippen molar-refractivity contribution in [2.24, 2.45) is 0 Å². The van der Waals surface area contributed by atoms with Gasteiger partial charge in [-0.2, -0.15) is 4.98 Å². The minimum Gasteiger partial charge on any atom is -0.366 e. The van der Waals surface area contributed by atoms with Crippen LogP contribution in [0.3, 0.4) is 0 Å². The van der Waals surface area contributed by atoms with Gasteiger partial charge in [-0.05, 0) is 24.3 Å². The average molecular weight is 391 g/mol. The second-order valence-corrected chi connectivity index (χ2v) is 6.55. The number of halogens is 2. The molecule has 0 aliphatic carbocycles. The van der Waals surface area contributed by atoms with E-state index in [1.54, 1.807) is 30.5 Å². The number of benzene rings is 1. The van der Waals surface area contributed by atoms with Crippen molar-refractivity contribution in [3.8, 4) is 11.5 Å². The van der Waals surface area contributed by atoms with Crippen molar-refractivity contribution in [2.75, 3.05) is 5.32 Å². The van der Waals surface area contributed by atoms with E-state index in [0.717, 1.165) is 5.56 Å². The van der Waals surface area contributed by atoms with E-state index >= 15 is 0 Å². The van der Waals surface area contributed by atoms with Crippen molar-refractivity contribution in [2.45, 2.75) is 26.3 Å². The third-order valence-corrected chi connectivity index (χ3v) is 3.93. The fourth-order valence-corrected chi connectivity index (χ4v) is 2.43. The fraction of sp³-hybridized carbons (Fsp3) is 0.235. The lowest BCUT2D eigenvalue weighted by atomic mass is 10.2. The fourth-order valence-electron chi connectivity index (χ4n) is 2.10.